The quantitative estimate of drug-likeness (QED) is 0.828. The summed E-state index contributed by atoms with van der Waals surface area (Å²) in [6.07, 6.45) is 5.82. The molecule has 1 heterocycles. The second-order valence-corrected chi connectivity index (χ2v) is 5.27. The zero-order valence-electron chi connectivity index (χ0n) is 11.0. The number of nitrogens with one attached hydrogen (secondary N) is 1. The third-order valence-electron chi connectivity index (χ3n) is 2.87. The standard InChI is InChI=1S/C15H18N2S/c1-11-8-14(10-16-9-11)17-12(2)13-4-6-15(18-3)7-5-13/h4-10,12,17H,1-3H3. The monoisotopic (exact) mass is 258 g/mol. The molecule has 0 saturated carbocycles. The average Bonchev–Trinajstić information content (AvgIpc) is 2.39. The first-order chi connectivity index (χ1) is 8.69. The molecule has 0 saturated heterocycles. The van der Waals surface area contributed by atoms with E-state index in [1.807, 2.05) is 12.4 Å². The minimum Gasteiger partial charge on any atom is -0.377 e. The van der Waals surface area contributed by atoms with Crippen molar-refractivity contribution in [3.05, 3.63) is 53.9 Å². The number of thioether (sulfide) groups is 1. The number of hydrogen-bond donors (Lipinski definition) is 1. The molecule has 0 amide bonds. The molecular weight excluding hydrogens is 240 g/mol. The molecule has 1 N–H and O–H groups in total. The molecule has 0 spiro atoms. The fraction of sp³-hybridized carbons (Fsp3) is 0.267. The second-order valence-electron chi connectivity index (χ2n) is 4.39. The number of nitrogens with zero attached hydrogens (tertiary/aromatic N) is 1. The molecule has 3 heteroatoms. The average molecular weight is 258 g/mol. The van der Waals surface area contributed by atoms with Gasteiger partial charge in [0.05, 0.1) is 5.69 Å². The van der Waals surface area contributed by atoms with E-state index in [-0.39, 0.29) is 6.04 Å². The number of aryl methyl sites for hydroxylation is 1. The lowest BCUT2D eigenvalue weighted by Crippen LogP contribution is -2.06. The number of aromatic nitrogens is 1. The van der Waals surface area contributed by atoms with Crippen LogP contribution in [0.4, 0.5) is 5.69 Å². The first-order valence-electron chi connectivity index (χ1n) is 6.01. The van der Waals surface area contributed by atoms with Gasteiger partial charge in [0.2, 0.25) is 0 Å². The van der Waals surface area contributed by atoms with Gasteiger partial charge >= 0.3 is 0 Å². The summed E-state index contributed by atoms with van der Waals surface area (Å²) in [5.41, 5.74) is 3.52. The van der Waals surface area contributed by atoms with Gasteiger partial charge in [-0.2, -0.15) is 0 Å². The summed E-state index contributed by atoms with van der Waals surface area (Å²) < 4.78 is 0. The summed E-state index contributed by atoms with van der Waals surface area (Å²) in [6.45, 7) is 4.21. The highest BCUT2D eigenvalue weighted by Gasteiger charge is 2.05. The van der Waals surface area contributed by atoms with Crippen LogP contribution >= 0.6 is 11.8 Å². The van der Waals surface area contributed by atoms with E-state index in [4.69, 9.17) is 0 Å². The topological polar surface area (TPSA) is 24.9 Å². The van der Waals surface area contributed by atoms with Crippen LogP contribution in [0.1, 0.15) is 24.1 Å². The summed E-state index contributed by atoms with van der Waals surface area (Å²) in [4.78, 5) is 5.49. The first kappa shape index (κ1) is 13.0. The molecule has 0 fully saturated rings. The fourth-order valence-electron chi connectivity index (χ4n) is 1.86. The van der Waals surface area contributed by atoms with Crippen LogP contribution in [-0.2, 0) is 0 Å². The van der Waals surface area contributed by atoms with Crippen molar-refractivity contribution in [1.82, 2.24) is 4.98 Å². The molecule has 2 rings (SSSR count). The Morgan fingerprint density at radius 2 is 1.89 bits per heavy atom. The molecule has 0 aliphatic heterocycles. The van der Waals surface area contributed by atoms with E-state index >= 15 is 0 Å². The molecular formula is C15H18N2S. The van der Waals surface area contributed by atoms with Gasteiger partial charge < -0.3 is 5.32 Å². The Balaban J connectivity index is 2.09. The van der Waals surface area contributed by atoms with E-state index in [1.165, 1.54) is 16.0 Å². The second kappa shape index (κ2) is 5.91. The highest BCUT2D eigenvalue weighted by molar-refractivity contribution is 7.98. The van der Waals surface area contributed by atoms with E-state index in [2.05, 4.69) is 60.7 Å². The van der Waals surface area contributed by atoms with Crippen molar-refractivity contribution in [3.8, 4) is 0 Å². The number of anilines is 1. The van der Waals surface area contributed by atoms with Gasteiger partial charge in [-0.15, -0.1) is 11.8 Å². The molecule has 2 aromatic rings. The lowest BCUT2D eigenvalue weighted by atomic mass is 10.1. The Morgan fingerprint density at radius 3 is 2.50 bits per heavy atom. The Kier molecular flexibility index (Phi) is 4.26. The van der Waals surface area contributed by atoms with E-state index in [9.17, 15) is 0 Å². The number of benzene rings is 1. The van der Waals surface area contributed by atoms with Gasteiger partial charge in [-0.3, -0.25) is 4.98 Å². The third-order valence-corrected chi connectivity index (χ3v) is 3.62. The van der Waals surface area contributed by atoms with Gasteiger partial charge in [0.1, 0.15) is 0 Å². The summed E-state index contributed by atoms with van der Waals surface area (Å²) in [5, 5.41) is 3.47. The number of hydrogen-bond acceptors (Lipinski definition) is 3. The van der Waals surface area contributed by atoms with Crippen LogP contribution in [0.25, 0.3) is 0 Å². The minimum absolute atomic E-state index is 0.282. The number of rotatable bonds is 4. The van der Waals surface area contributed by atoms with Crippen LogP contribution in [0.5, 0.6) is 0 Å². The Bertz CT molecular complexity index is 508. The summed E-state index contributed by atoms with van der Waals surface area (Å²) in [5.74, 6) is 0. The zero-order chi connectivity index (χ0) is 13.0. The van der Waals surface area contributed by atoms with Crippen molar-refractivity contribution >= 4 is 17.4 Å². The maximum atomic E-state index is 4.19. The van der Waals surface area contributed by atoms with Gasteiger partial charge in [0.25, 0.3) is 0 Å². The van der Waals surface area contributed by atoms with E-state index in [0.717, 1.165) is 5.69 Å². The molecule has 2 nitrogen and oxygen atoms in total. The van der Waals surface area contributed by atoms with Crippen LogP contribution in [0.15, 0.2) is 47.6 Å². The summed E-state index contributed by atoms with van der Waals surface area (Å²) in [6, 6.07) is 11.1. The third kappa shape index (κ3) is 3.26. The maximum absolute atomic E-state index is 4.19. The van der Waals surface area contributed by atoms with Crippen molar-refractivity contribution in [3.63, 3.8) is 0 Å². The largest absolute Gasteiger partial charge is 0.377 e. The lowest BCUT2D eigenvalue weighted by molar-refractivity contribution is 0.880. The Morgan fingerprint density at radius 1 is 1.17 bits per heavy atom. The smallest absolute Gasteiger partial charge is 0.0534 e. The molecule has 1 atom stereocenters. The van der Waals surface area contributed by atoms with Crippen molar-refractivity contribution in [2.75, 3.05) is 11.6 Å². The van der Waals surface area contributed by atoms with Crippen LogP contribution in [0, 0.1) is 6.92 Å². The van der Waals surface area contributed by atoms with E-state index < -0.39 is 0 Å². The van der Waals surface area contributed by atoms with Crippen molar-refractivity contribution in [1.29, 1.82) is 0 Å². The van der Waals surface area contributed by atoms with E-state index in [0.29, 0.717) is 0 Å². The van der Waals surface area contributed by atoms with Crippen LogP contribution in [-0.4, -0.2) is 11.2 Å². The lowest BCUT2D eigenvalue weighted by Gasteiger charge is -2.16. The minimum atomic E-state index is 0.282. The van der Waals surface area contributed by atoms with Gasteiger partial charge in [0, 0.05) is 23.3 Å². The van der Waals surface area contributed by atoms with Crippen LogP contribution < -0.4 is 5.32 Å². The fourth-order valence-corrected chi connectivity index (χ4v) is 2.27. The van der Waals surface area contributed by atoms with Crippen molar-refractivity contribution in [2.45, 2.75) is 24.8 Å². The molecule has 18 heavy (non-hydrogen) atoms. The van der Waals surface area contributed by atoms with Crippen molar-refractivity contribution in [2.24, 2.45) is 0 Å². The molecule has 1 unspecified atom stereocenters. The van der Waals surface area contributed by atoms with Crippen LogP contribution in [0.3, 0.4) is 0 Å². The van der Waals surface area contributed by atoms with Gasteiger partial charge in [-0.05, 0) is 49.4 Å². The predicted molar refractivity (Wildman–Crippen MR) is 79.2 cm³/mol. The van der Waals surface area contributed by atoms with Crippen LogP contribution in [0.2, 0.25) is 0 Å². The normalized spacial score (nSPS) is 12.2. The molecule has 0 aliphatic carbocycles. The van der Waals surface area contributed by atoms with Crippen molar-refractivity contribution < 1.29 is 0 Å². The molecule has 1 aromatic carbocycles. The first-order valence-corrected chi connectivity index (χ1v) is 7.23. The highest BCUT2D eigenvalue weighted by atomic mass is 32.2. The molecule has 0 radical (unpaired) electrons. The Labute approximate surface area is 113 Å². The van der Waals surface area contributed by atoms with Gasteiger partial charge in [-0.25, -0.2) is 0 Å². The molecule has 1 aromatic heterocycles. The molecule has 0 aliphatic rings. The van der Waals surface area contributed by atoms with Gasteiger partial charge in [0.15, 0.2) is 0 Å². The Hall–Kier alpha value is -1.48. The van der Waals surface area contributed by atoms with Gasteiger partial charge in [-0.1, -0.05) is 12.1 Å². The molecule has 94 valence electrons. The summed E-state index contributed by atoms with van der Waals surface area (Å²) in [7, 11) is 0. The molecule has 0 bridgehead atoms. The predicted octanol–water partition coefficient (Wildman–Crippen LogP) is 4.29. The zero-order valence-corrected chi connectivity index (χ0v) is 11.8. The summed E-state index contributed by atoms with van der Waals surface area (Å²) >= 11 is 1.76. The highest BCUT2D eigenvalue weighted by Crippen LogP contribution is 2.22. The maximum Gasteiger partial charge on any atom is 0.0534 e. The van der Waals surface area contributed by atoms with E-state index in [1.54, 1.807) is 11.8 Å². The SMILES string of the molecule is CSc1ccc(C(C)Nc2cncc(C)c2)cc1. The number of pyridine rings is 1.